The van der Waals surface area contributed by atoms with Gasteiger partial charge in [0.1, 0.15) is 0 Å². The number of nitrogens with zero attached hydrogens (tertiary/aromatic N) is 5. The maximum atomic E-state index is 6.12. The average Bonchev–Trinajstić information content (AvgIpc) is 2.85. The van der Waals surface area contributed by atoms with Gasteiger partial charge >= 0.3 is 0 Å². The van der Waals surface area contributed by atoms with Gasteiger partial charge in [0.15, 0.2) is 0 Å². The number of rotatable bonds is 6. The Labute approximate surface area is 195 Å². The van der Waals surface area contributed by atoms with E-state index >= 15 is 0 Å². The molecule has 0 radical (unpaired) electrons. The van der Waals surface area contributed by atoms with Crippen molar-refractivity contribution in [2.45, 2.75) is 6.10 Å². The van der Waals surface area contributed by atoms with Crippen LogP contribution < -0.4 is 10.2 Å². The van der Waals surface area contributed by atoms with E-state index in [1.165, 1.54) is 5.69 Å². The molecule has 0 unspecified atom stereocenters. The minimum atomic E-state index is -0.00646. The summed E-state index contributed by atoms with van der Waals surface area (Å²) in [6, 6.07) is 14.8. The number of hydrogen-bond acceptors (Lipinski definition) is 7. The largest absolute Gasteiger partial charge is 0.371 e. The van der Waals surface area contributed by atoms with E-state index in [1.54, 1.807) is 0 Å². The van der Waals surface area contributed by atoms with Gasteiger partial charge < -0.3 is 19.9 Å². The van der Waals surface area contributed by atoms with Crippen molar-refractivity contribution in [1.82, 2.24) is 19.8 Å². The maximum Gasteiger partial charge on any atom is 0.227 e. The first kappa shape index (κ1) is 21.8. The minimum Gasteiger partial charge on any atom is -0.371 e. The van der Waals surface area contributed by atoms with E-state index in [0.717, 1.165) is 68.0 Å². The zero-order valence-corrected chi connectivity index (χ0v) is 19.3. The van der Waals surface area contributed by atoms with Crippen molar-refractivity contribution in [3.8, 4) is 0 Å². The lowest BCUT2D eigenvalue weighted by molar-refractivity contribution is -0.0253. The minimum absolute atomic E-state index is 0.00646. The standard InChI is InChI=1S/C26H32N6O/c1-3-11-31-16-17-33-24(19-31)23-6-4-5-20-18-27-26(29-25(20)23)28-21-7-9-22(10-8-21)32-14-12-30(2)13-15-32/h3-10,18,24H,1,11-17,19H2,2H3,(H,27,28,29)/t24-/m0/s1. The van der Waals surface area contributed by atoms with Gasteiger partial charge in [0, 0.05) is 74.3 Å². The first-order valence-electron chi connectivity index (χ1n) is 11.7. The second-order valence-electron chi connectivity index (χ2n) is 8.85. The molecular formula is C26H32N6O. The van der Waals surface area contributed by atoms with E-state index in [2.05, 4.69) is 81.1 Å². The lowest BCUT2D eigenvalue weighted by atomic mass is 10.0. The summed E-state index contributed by atoms with van der Waals surface area (Å²) in [5, 5.41) is 4.40. The highest BCUT2D eigenvalue weighted by atomic mass is 16.5. The molecule has 2 saturated heterocycles. The number of aromatic nitrogens is 2. The monoisotopic (exact) mass is 444 g/mol. The van der Waals surface area contributed by atoms with Gasteiger partial charge in [-0.15, -0.1) is 6.58 Å². The number of likely N-dealkylation sites (N-methyl/N-ethyl adjacent to an activating group) is 1. The smallest absolute Gasteiger partial charge is 0.227 e. The van der Waals surface area contributed by atoms with Crippen LogP contribution in [0.15, 0.2) is 61.3 Å². The average molecular weight is 445 g/mol. The molecule has 0 aliphatic carbocycles. The Balaban J connectivity index is 1.34. The van der Waals surface area contributed by atoms with Crippen LogP contribution in [0.25, 0.3) is 10.9 Å². The molecule has 1 aromatic heterocycles. The van der Waals surface area contributed by atoms with Crippen LogP contribution >= 0.6 is 0 Å². The topological polar surface area (TPSA) is 56.8 Å². The molecule has 172 valence electrons. The van der Waals surface area contributed by atoms with Crippen LogP contribution in [-0.2, 0) is 4.74 Å². The molecular weight excluding hydrogens is 412 g/mol. The second kappa shape index (κ2) is 9.87. The van der Waals surface area contributed by atoms with Crippen molar-refractivity contribution >= 4 is 28.2 Å². The number of benzene rings is 2. The van der Waals surface area contributed by atoms with E-state index in [9.17, 15) is 0 Å². The van der Waals surface area contributed by atoms with Crippen molar-refractivity contribution < 1.29 is 4.74 Å². The van der Waals surface area contributed by atoms with E-state index < -0.39 is 0 Å². The summed E-state index contributed by atoms with van der Waals surface area (Å²) in [6.45, 7) is 11.6. The van der Waals surface area contributed by atoms with Gasteiger partial charge in [-0.05, 0) is 31.3 Å². The van der Waals surface area contributed by atoms with E-state index in [4.69, 9.17) is 9.72 Å². The molecule has 2 aliphatic rings. The molecule has 2 fully saturated rings. The number of morpholine rings is 1. The number of anilines is 3. The molecule has 1 N–H and O–H groups in total. The van der Waals surface area contributed by atoms with E-state index in [1.807, 2.05) is 12.3 Å². The van der Waals surface area contributed by atoms with Crippen LogP contribution in [-0.4, -0.2) is 79.2 Å². The van der Waals surface area contributed by atoms with Crippen LogP contribution in [0.2, 0.25) is 0 Å². The first-order chi connectivity index (χ1) is 16.2. The van der Waals surface area contributed by atoms with Crippen molar-refractivity contribution in [3.63, 3.8) is 0 Å². The molecule has 0 spiro atoms. The Kier molecular flexibility index (Phi) is 6.53. The van der Waals surface area contributed by atoms with E-state index in [0.29, 0.717) is 12.6 Å². The molecule has 0 saturated carbocycles. The molecule has 33 heavy (non-hydrogen) atoms. The van der Waals surface area contributed by atoms with Crippen molar-refractivity contribution in [3.05, 3.63) is 66.9 Å². The number of nitrogens with one attached hydrogen (secondary N) is 1. The van der Waals surface area contributed by atoms with Gasteiger partial charge in [0.05, 0.1) is 18.2 Å². The Morgan fingerprint density at radius 2 is 1.91 bits per heavy atom. The Morgan fingerprint density at radius 1 is 1.09 bits per heavy atom. The second-order valence-corrected chi connectivity index (χ2v) is 8.85. The number of hydrogen-bond donors (Lipinski definition) is 1. The summed E-state index contributed by atoms with van der Waals surface area (Å²) in [4.78, 5) is 16.6. The zero-order valence-electron chi connectivity index (χ0n) is 19.3. The Bertz CT molecular complexity index is 1090. The third-order valence-electron chi connectivity index (χ3n) is 6.52. The highest BCUT2D eigenvalue weighted by molar-refractivity contribution is 5.82. The van der Waals surface area contributed by atoms with Gasteiger partial charge in [0.25, 0.3) is 0 Å². The van der Waals surface area contributed by atoms with Crippen molar-refractivity contribution in [1.29, 1.82) is 0 Å². The lowest BCUT2D eigenvalue weighted by Crippen LogP contribution is -2.44. The van der Waals surface area contributed by atoms with Gasteiger partial charge in [-0.3, -0.25) is 4.90 Å². The quantitative estimate of drug-likeness (QED) is 0.582. The number of piperazine rings is 1. The van der Waals surface area contributed by atoms with Crippen LogP contribution in [0.1, 0.15) is 11.7 Å². The molecule has 7 heteroatoms. The first-order valence-corrected chi connectivity index (χ1v) is 11.7. The van der Waals surface area contributed by atoms with Gasteiger partial charge in [-0.1, -0.05) is 24.3 Å². The van der Waals surface area contributed by atoms with E-state index in [-0.39, 0.29) is 6.10 Å². The summed E-state index contributed by atoms with van der Waals surface area (Å²) in [5.41, 5.74) is 4.29. The fraction of sp³-hybridized carbons (Fsp3) is 0.385. The van der Waals surface area contributed by atoms with Crippen LogP contribution in [0.3, 0.4) is 0 Å². The van der Waals surface area contributed by atoms with Gasteiger partial charge in [-0.2, -0.15) is 0 Å². The SMILES string of the molecule is C=CCN1CCO[C@H](c2cccc3cnc(Nc4ccc(N5CCN(C)CC5)cc4)nc23)C1. The molecule has 0 amide bonds. The normalized spacial score (nSPS) is 20.2. The molecule has 2 aliphatic heterocycles. The summed E-state index contributed by atoms with van der Waals surface area (Å²) in [5.74, 6) is 0.598. The summed E-state index contributed by atoms with van der Waals surface area (Å²) >= 11 is 0. The predicted molar refractivity (Wildman–Crippen MR) is 134 cm³/mol. The number of ether oxygens (including phenoxy) is 1. The fourth-order valence-electron chi connectivity index (χ4n) is 4.59. The van der Waals surface area contributed by atoms with Crippen LogP contribution in [0.5, 0.6) is 0 Å². The maximum absolute atomic E-state index is 6.12. The lowest BCUT2D eigenvalue weighted by Gasteiger charge is -2.34. The molecule has 1 atom stereocenters. The Hall–Kier alpha value is -3.00. The van der Waals surface area contributed by atoms with Crippen molar-refractivity contribution in [2.24, 2.45) is 0 Å². The third kappa shape index (κ3) is 5.00. The third-order valence-corrected chi connectivity index (χ3v) is 6.52. The van der Waals surface area contributed by atoms with Gasteiger partial charge in [-0.25, -0.2) is 9.97 Å². The fourth-order valence-corrected chi connectivity index (χ4v) is 4.59. The molecule has 5 rings (SSSR count). The zero-order chi connectivity index (χ0) is 22.6. The molecule has 2 aromatic carbocycles. The van der Waals surface area contributed by atoms with Crippen LogP contribution in [0.4, 0.5) is 17.3 Å². The highest BCUT2D eigenvalue weighted by Gasteiger charge is 2.23. The molecule has 3 heterocycles. The number of para-hydroxylation sites is 1. The van der Waals surface area contributed by atoms with Crippen LogP contribution in [0, 0.1) is 0 Å². The molecule has 7 nitrogen and oxygen atoms in total. The molecule has 3 aromatic rings. The predicted octanol–water partition coefficient (Wildman–Crippen LogP) is 3.68. The Morgan fingerprint density at radius 3 is 2.70 bits per heavy atom. The molecule has 0 bridgehead atoms. The highest BCUT2D eigenvalue weighted by Crippen LogP contribution is 2.29. The van der Waals surface area contributed by atoms with Crippen molar-refractivity contribution in [2.75, 3.05) is 69.7 Å². The number of fused-ring (bicyclic) bond motifs is 1. The summed E-state index contributed by atoms with van der Waals surface area (Å²) < 4.78 is 6.12. The summed E-state index contributed by atoms with van der Waals surface area (Å²) in [6.07, 6.45) is 3.83. The summed E-state index contributed by atoms with van der Waals surface area (Å²) in [7, 11) is 2.18. The van der Waals surface area contributed by atoms with Gasteiger partial charge in [0.2, 0.25) is 5.95 Å².